The lowest BCUT2D eigenvalue weighted by Gasteiger charge is -2.34. The molecule has 1 aromatic rings. The molecule has 0 aliphatic heterocycles. The monoisotopic (exact) mass is 276 g/mol. The number of hydrogen-bond donors (Lipinski definition) is 0. The second-order valence-electron chi connectivity index (χ2n) is 5.45. The number of rotatable bonds is 2. The van der Waals surface area contributed by atoms with Crippen LogP contribution in [0.15, 0.2) is 17.3 Å². The van der Waals surface area contributed by atoms with Crippen molar-refractivity contribution in [3.63, 3.8) is 0 Å². The van der Waals surface area contributed by atoms with E-state index >= 15 is 0 Å². The van der Waals surface area contributed by atoms with Crippen LogP contribution in [0.2, 0.25) is 0 Å². The van der Waals surface area contributed by atoms with Crippen LogP contribution in [0.4, 0.5) is 0 Å². The van der Waals surface area contributed by atoms with Crippen molar-refractivity contribution in [3.8, 4) is 0 Å². The second kappa shape index (κ2) is 4.28. The maximum atomic E-state index is 11.4. The summed E-state index contributed by atoms with van der Waals surface area (Å²) in [4.78, 5) is 0. The minimum Gasteiger partial charge on any atom is -0.250 e. The zero-order valence-corrected chi connectivity index (χ0v) is 11.6. The normalized spacial score (nSPS) is 21.6. The molecule has 1 aromatic heterocycles. The van der Waals surface area contributed by atoms with Crippen LogP contribution >= 0.6 is 10.7 Å². The highest BCUT2D eigenvalue weighted by atomic mass is 35.7. The Morgan fingerprint density at radius 2 is 2.00 bits per heavy atom. The first-order valence-corrected chi connectivity index (χ1v) is 8.09. The molecule has 0 bridgehead atoms. The van der Waals surface area contributed by atoms with Gasteiger partial charge in [0, 0.05) is 10.7 Å². The van der Waals surface area contributed by atoms with Gasteiger partial charge >= 0.3 is 0 Å². The van der Waals surface area contributed by atoms with E-state index in [9.17, 15) is 8.42 Å². The molecule has 0 amide bonds. The highest BCUT2D eigenvalue weighted by molar-refractivity contribution is 8.13. The van der Waals surface area contributed by atoms with Crippen LogP contribution in [0.25, 0.3) is 0 Å². The molecule has 0 unspecified atom stereocenters. The van der Waals surface area contributed by atoms with Crippen LogP contribution in [-0.4, -0.2) is 18.2 Å². The van der Waals surface area contributed by atoms with Gasteiger partial charge < -0.3 is 0 Å². The zero-order chi connectivity index (χ0) is 12.7. The van der Waals surface area contributed by atoms with E-state index in [1.54, 1.807) is 4.68 Å². The predicted molar refractivity (Wildman–Crippen MR) is 66.6 cm³/mol. The molecule has 0 radical (unpaired) electrons. The van der Waals surface area contributed by atoms with Gasteiger partial charge in [0.05, 0.1) is 12.2 Å². The molecule has 1 aliphatic carbocycles. The first kappa shape index (κ1) is 12.9. The Morgan fingerprint density at radius 1 is 1.41 bits per heavy atom. The number of aromatic nitrogens is 2. The maximum absolute atomic E-state index is 11.4. The van der Waals surface area contributed by atoms with Gasteiger partial charge in [-0.15, -0.1) is 0 Å². The van der Waals surface area contributed by atoms with E-state index in [0.717, 1.165) is 25.7 Å². The van der Waals surface area contributed by atoms with Gasteiger partial charge in [0.1, 0.15) is 0 Å². The van der Waals surface area contributed by atoms with Crippen molar-refractivity contribution < 1.29 is 8.42 Å². The standard InChI is InChI=1S/C11H17ClN2O2S/c1-11(2)6-3-9(4-7-11)14-10(5-8-13-14)17(12,15)16/h5,8-9H,3-4,6-7H2,1-2H3. The van der Waals surface area contributed by atoms with Gasteiger partial charge in [0.15, 0.2) is 5.03 Å². The second-order valence-corrected chi connectivity index (χ2v) is 7.96. The van der Waals surface area contributed by atoms with Crippen LogP contribution in [0.3, 0.4) is 0 Å². The molecule has 6 heteroatoms. The molecular weight excluding hydrogens is 260 g/mol. The molecule has 1 aliphatic rings. The average Bonchev–Trinajstić information content (AvgIpc) is 2.65. The van der Waals surface area contributed by atoms with Crippen molar-refractivity contribution in [1.29, 1.82) is 0 Å². The summed E-state index contributed by atoms with van der Waals surface area (Å²) >= 11 is 0. The molecule has 0 saturated heterocycles. The van der Waals surface area contributed by atoms with E-state index in [1.165, 1.54) is 12.3 Å². The molecule has 1 saturated carbocycles. The van der Waals surface area contributed by atoms with Gasteiger partial charge in [-0.1, -0.05) is 13.8 Å². The van der Waals surface area contributed by atoms with E-state index < -0.39 is 9.05 Å². The van der Waals surface area contributed by atoms with Crippen molar-refractivity contribution in [2.75, 3.05) is 0 Å². The molecule has 0 atom stereocenters. The first-order chi connectivity index (χ1) is 7.80. The van der Waals surface area contributed by atoms with Crippen LogP contribution in [0.5, 0.6) is 0 Å². The highest BCUT2D eigenvalue weighted by Crippen LogP contribution is 2.40. The molecule has 1 heterocycles. The van der Waals surface area contributed by atoms with Crippen molar-refractivity contribution in [2.24, 2.45) is 5.41 Å². The highest BCUT2D eigenvalue weighted by Gasteiger charge is 2.30. The summed E-state index contributed by atoms with van der Waals surface area (Å²) in [5, 5.41) is 4.22. The fourth-order valence-electron chi connectivity index (χ4n) is 2.40. The third-order valence-electron chi connectivity index (χ3n) is 3.54. The molecule has 0 aromatic carbocycles. The molecule has 96 valence electrons. The summed E-state index contributed by atoms with van der Waals surface area (Å²) in [7, 11) is 1.70. The van der Waals surface area contributed by atoms with E-state index in [4.69, 9.17) is 10.7 Å². The van der Waals surface area contributed by atoms with Gasteiger partial charge in [-0.3, -0.25) is 0 Å². The van der Waals surface area contributed by atoms with Crippen LogP contribution in [0.1, 0.15) is 45.6 Å². The van der Waals surface area contributed by atoms with E-state index in [0.29, 0.717) is 5.41 Å². The lowest BCUT2D eigenvalue weighted by atomic mass is 9.76. The molecule has 1 fully saturated rings. The van der Waals surface area contributed by atoms with Crippen LogP contribution in [0, 0.1) is 5.41 Å². The summed E-state index contributed by atoms with van der Waals surface area (Å²) in [6.45, 7) is 4.48. The van der Waals surface area contributed by atoms with E-state index in [1.807, 2.05) is 0 Å². The summed E-state index contributed by atoms with van der Waals surface area (Å²) in [5.74, 6) is 0. The Balaban J connectivity index is 2.23. The average molecular weight is 277 g/mol. The topological polar surface area (TPSA) is 52.0 Å². The third-order valence-corrected chi connectivity index (χ3v) is 4.84. The van der Waals surface area contributed by atoms with Gasteiger partial charge in [-0.25, -0.2) is 13.1 Å². The minimum atomic E-state index is -3.70. The van der Waals surface area contributed by atoms with Gasteiger partial charge in [0.25, 0.3) is 9.05 Å². The smallest absolute Gasteiger partial charge is 0.250 e. The molecule has 4 nitrogen and oxygen atoms in total. The van der Waals surface area contributed by atoms with Crippen molar-refractivity contribution in [1.82, 2.24) is 9.78 Å². The van der Waals surface area contributed by atoms with Gasteiger partial charge in [-0.2, -0.15) is 5.10 Å². The van der Waals surface area contributed by atoms with Crippen LogP contribution < -0.4 is 0 Å². The largest absolute Gasteiger partial charge is 0.278 e. The molecule has 0 N–H and O–H groups in total. The summed E-state index contributed by atoms with van der Waals surface area (Å²) in [6.07, 6.45) is 5.57. The Labute approximate surface area is 106 Å². The number of halogens is 1. The molecule has 0 spiro atoms. The summed E-state index contributed by atoms with van der Waals surface area (Å²) in [5.41, 5.74) is 0.351. The van der Waals surface area contributed by atoms with Crippen molar-refractivity contribution in [3.05, 3.63) is 12.3 Å². The zero-order valence-electron chi connectivity index (χ0n) is 10.1. The molecule has 2 rings (SSSR count). The Kier molecular flexibility index (Phi) is 3.25. The van der Waals surface area contributed by atoms with E-state index in [-0.39, 0.29) is 11.1 Å². The van der Waals surface area contributed by atoms with Crippen molar-refractivity contribution in [2.45, 2.75) is 50.6 Å². The van der Waals surface area contributed by atoms with E-state index in [2.05, 4.69) is 18.9 Å². The predicted octanol–water partition coefficient (Wildman–Crippen LogP) is 2.95. The fourth-order valence-corrected chi connectivity index (χ4v) is 3.41. The maximum Gasteiger partial charge on any atom is 0.278 e. The third kappa shape index (κ3) is 2.83. The molecular formula is C11H17ClN2O2S. The summed E-state index contributed by atoms with van der Waals surface area (Å²) < 4.78 is 24.3. The summed E-state index contributed by atoms with van der Waals surface area (Å²) in [6, 6.07) is 1.61. The van der Waals surface area contributed by atoms with Gasteiger partial charge in [-0.05, 0) is 37.2 Å². The SMILES string of the molecule is CC1(C)CCC(n2nccc2S(=O)(=O)Cl)CC1. The lowest BCUT2D eigenvalue weighted by molar-refractivity contribution is 0.180. The Morgan fingerprint density at radius 3 is 2.53 bits per heavy atom. The van der Waals surface area contributed by atoms with Crippen molar-refractivity contribution >= 4 is 19.7 Å². The fraction of sp³-hybridized carbons (Fsp3) is 0.727. The van der Waals surface area contributed by atoms with Gasteiger partial charge in [0.2, 0.25) is 0 Å². The quantitative estimate of drug-likeness (QED) is 0.781. The number of nitrogens with zero attached hydrogens (tertiary/aromatic N) is 2. The first-order valence-electron chi connectivity index (χ1n) is 5.78. The number of hydrogen-bond acceptors (Lipinski definition) is 3. The Bertz CT molecular complexity index is 497. The lowest BCUT2D eigenvalue weighted by Crippen LogP contribution is -2.25. The minimum absolute atomic E-state index is 0.115. The Hall–Kier alpha value is -0.550. The van der Waals surface area contributed by atoms with Crippen LogP contribution in [-0.2, 0) is 9.05 Å². The molecule has 17 heavy (non-hydrogen) atoms.